The van der Waals surface area contributed by atoms with Gasteiger partial charge in [0.2, 0.25) is 0 Å². The third kappa shape index (κ3) is 2.75. The van der Waals surface area contributed by atoms with E-state index in [-0.39, 0.29) is 10.6 Å². The minimum Gasteiger partial charge on any atom is -0.255 e. The van der Waals surface area contributed by atoms with Crippen LogP contribution in [0, 0.1) is 11.3 Å². The highest BCUT2D eigenvalue weighted by Crippen LogP contribution is 2.30. The van der Waals surface area contributed by atoms with E-state index in [2.05, 4.69) is 14.7 Å². The van der Waals surface area contributed by atoms with E-state index in [1.807, 2.05) is 0 Å². The highest BCUT2D eigenvalue weighted by Gasteiger charge is 2.22. The maximum Gasteiger partial charge on any atom is 0.266 e. The van der Waals surface area contributed by atoms with Crippen LogP contribution >= 0.6 is 11.3 Å². The Morgan fingerprint density at radius 3 is 2.90 bits per heavy atom. The molecule has 2 aromatic heterocycles. The van der Waals surface area contributed by atoms with E-state index in [0.29, 0.717) is 5.13 Å². The molecule has 0 saturated carbocycles. The van der Waals surface area contributed by atoms with Crippen LogP contribution in [0.4, 0.5) is 5.13 Å². The molecule has 21 heavy (non-hydrogen) atoms. The van der Waals surface area contributed by atoms with Crippen LogP contribution in [0.1, 0.15) is 29.1 Å². The molecule has 0 amide bonds. The van der Waals surface area contributed by atoms with Gasteiger partial charge in [-0.25, -0.2) is 18.4 Å². The fourth-order valence-corrected chi connectivity index (χ4v) is 4.65. The summed E-state index contributed by atoms with van der Waals surface area (Å²) >= 11 is 1.37. The van der Waals surface area contributed by atoms with Gasteiger partial charge in [0.25, 0.3) is 10.0 Å². The maximum absolute atomic E-state index is 12.4. The van der Waals surface area contributed by atoms with Gasteiger partial charge in [-0.05, 0) is 37.8 Å². The molecular formula is C13H12N4O2S2. The lowest BCUT2D eigenvalue weighted by atomic mass is 10.0. The number of thiazole rings is 1. The molecule has 0 spiro atoms. The first kappa shape index (κ1) is 14.0. The summed E-state index contributed by atoms with van der Waals surface area (Å²) in [6, 6.07) is 4.64. The van der Waals surface area contributed by atoms with E-state index in [0.717, 1.165) is 36.3 Å². The number of rotatable bonds is 3. The van der Waals surface area contributed by atoms with Crippen LogP contribution in [-0.2, 0) is 22.9 Å². The van der Waals surface area contributed by atoms with Gasteiger partial charge >= 0.3 is 0 Å². The lowest BCUT2D eigenvalue weighted by Crippen LogP contribution is -2.15. The first-order chi connectivity index (χ1) is 10.1. The van der Waals surface area contributed by atoms with Gasteiger partial charge < -0.3 is 0 Å². The Kier molecular flexibility index (Phi) is 3.61. The average Bonchev–Trinajstić information content (AvgIpc) is 2.88. The molecule has 0 aromatic carbocycles. The van der Waals surface area contributed by atoms with E-state index in [9.17, 15) is 8.42 Å². The first-order valence-electron chi connectivity index (χ1n) is 6.46. The number of aromatic nitrogens is 2. The molecule has 1 aliphatic rings. The number of anilines is 1. The van der Waals surface area contributed by atoms with Crippen LogP contribution in [0.2, 0.25) is 0 Å². The minimum absolute atomic E-state index is 0.119. The molecule has 0 aliphatic heterocycles. The number of pyridine rings is 1. The predicted molar refractivity (Wildman–Crippen MR) is 78.5 cm³/mol. The van der Waals surface area contributed by atoms with Gasteiger partial charge in [-0.15, -0.1) is 11.3 Å². The molecule has 0 saturated heterocycles. The van der Waals surface area contributed by atoms with Crippen molar-refractivity contribution in [2.45, 2.75) is 30.6 Å². The number of nitrogens with one attached hydrogen (secondary N) is 1. The van der Waals surface area contributed by atoms with Crippen LogP contribution < -0.4 is 4.72 Å². The Labute approximate surface area is 126 Å². The van der Waals surface area contributed by atoms with E-state index in [1.54, 1.807) is 6.07 Å². The van der Waals surface area contributed by atoms with Crippen LogP contribution in [0.15, 0.2) is 23.2 Å². The zero-order chi connectivity index (χ0) is 14.9. The number of aryl methyl sites for hydroxylation is 2. The third-order valence-corrected chi connectivity index (χ3v) is 5.81. The van der Waals surface area contributed by atoms with Crippen molar-refractivity contribution >= 4 is 26.5 Å². The zero-order valence-electron chi connectivity index (χ0n) is 11.0. The second kappa shape index (κ2) is 5.42. The van der Waals surface area contributed by atoms with Crippen molar-refractivity contribution < 1.29 is 8.42 Å². The zero-order valence-corrected chi connectivity index (χ0v) is 12.7. The monoisotopic (exact) mass is 320 g/mol. The molecule has 0 unspecified atom stereocenters. The van der Waals surface area contributed by atoms with Crippen LogP contribution in [0.3, 0.4) is 0 Å². The Bertz CT molecular complexity index is 797. The first-order valence-corrected chi connectivity index (χ1v) is 8.76. The largest absolute Gasteiger partial charge is 0.266 e. The summed E-state index contributed by atoms with van der Waals surface area (Å²) in [5.74, 6) is 0. The molecule has 0 fully saturated rings. The minimum atomic E-state index is -3.84. The van der Waals surface area contributed by atoms with Crippen molar-refractivity contribution in [2.24, 2.45) is 0 Å². The maximum atomic E-state index is 12.4. The molecular weight excluding hydrogens is 308 g/mol. The molecule has 2 heterocycles. The van der Waals surface area contributed by atoms with Crippen molar-refractivity contribution in [1.29, 1.82) is 5.26 Å². The lowest BCUT2D eigenvalue weighted by molar-refractivity contribution is 0.600. The summed E-state index contributed by atoms with van der Waals surface area (Å²) < 4.78 is 27.2. The molecule has 3 rings (SSSR count). The third-order valence-electron chi connectivity index (χ3n) is 3.23. The number of sulfonamides is 1. The fourth-order valence-electron chi connectivity index (χ4n) is 2.26. The number of fused-ring (bicyclic) bond motifs is 1. The van der Waals surface area contributed by atoms with Gasteiger partial charge in [-0.1, -0.05) is 0 Å². The lowest BCUT2D eigenvalue weighted by Gasteiger charge is -2.06. The summed E-state index contributed by atoms with van der Waals surface area (Å²) in [5.41, 5.74) is 0.863. The molecule has 0 atom stereocenters. The van der Waals surface area contributed by atoms with Crippen LogP contribution in [0.25, 0.3) is 0 Å². The van der Waals surface area contributed by atoms with Crippen molar-refractivity contribution in [3.63, 3.8) is 0 Å². The normalized spacial score (nSPS) is 14.2. The van der Waals surface area contributed by atoms with Crippen LogP contribution in [-0.4, -0.2) is 18.4 Å². The Balaban J connectivity index is 1.93. The molecule has 2 aromatic rings. The number of nitriles is 1. The topological polar surface area (TPSA) is 95.7 Å². The predicted octanol–water partition coefficient (Wildman–Crippen LogP) is 2.09. The number of hydrogen-bond acceptors (Lipinski definition) is 6. The second-order valence-corrected chi connectivity index (χ2v) is 7.40. The van der Waals surface area contributed by atoms with Crippen molar-refractivity contribution in [1.82, 2.24) is 9.97 Å². The molecule has 108 valence electrons. The standard InChI is InChI=1S/C13H12N4O2S2/c14-8-10-12(6-3-7-15-10)21(18,19)17-13-16-9-4-1-2-5-11(9)20-13/h3,6-7H,1-2,4-5H2,(H,16,17). The Morgan fingerprint density at radius 1 is 1.33 bits per heavy atom. The van der Waals surface area contributed by atoms with Gasteiger partial charge in [-0.3, -0.25) is 4.72 Å². The summed E-state index contributed by atoms with van der Waals surface area (Å²) in [4.78, 5) is 9.13. The fraction of sp³-hybridized carbons (Fsp3) is 0.308. The summed E-state index contributed by atoms with van der Waals surface area (Å²) in [6.45, 7) is 0. The smallest absolute Gasteiger partial charge is 0.255 e. The van der Waals surface area contributed by atoms with Crippen molar-refractivity contribution in [3.05, 3.63) is 34.6 Å². The van der Waals surface area contributed by atoms with Gasteiger partial charge in [0.1, 0.15) is 11.0 Å². The van der Waals surface area contributed by atoms with Gasteiger partial charge in [0, 0.05) is 11.1 Å². The number of hydrogen-bond donors (Lipinski definition) is 1. The molecule has 1 N–H and O–H groups in total. The molecule has 6 nitrogen and oxygen atoms in total. The summed E-state index contributed by atoms with van der Waals surface area (Å²) in [6.07, 6.45) is 5.43. The van der Waals surface area contributed by atoms with E-state index >= 15 is 0 Å². The highest BCUT2D eigenvalue weighted by atomic mass is 32.2. The average molecular weight is 320 g/mol. The molecule has 0 bridgehead atoms. The number of nitrogens with zero attached hydrogens (tertiary/aromatic N) is 3. The summed E-state index contributed by atoms with van der Waals surface area (Å²) in [7, 11) is -3.84. The van der Waals surface area contributed by atoms with E-state index in [1.165, 1.54) is 29.7 Å². The molecule has 1 aliphatic carbocycles. The van der Waals surface area contributed by atoms with Gasteiger partial charge in [0.05, 0.1) is 5.69 Å². The molecule has 8 heteroatoms. The molecule has 0 radical (unpaired) electrons. The van der Waals surface area contributed by atoms with Gasteiger partial charge in [-0.2, -0.15) is 5.26 Å². The van der Waals surface area contributed by atoms with E-state index in [4.69, 9.17) is 5.26 Å². The van der Waals surface area contributed by atoms with Crippen molar-refractivity contribution in [3.8, 4) is 6.07 Å². The van der Waals surface area contributed by atoms with Crippen LogP contribution in [0.5, 0.6) is 0 Å². The second-order valence-electron chi connectivity index (χ2n) is 4.66. The van der Waals surface area contributed by atoms with Crippen molar-refractivity contribution in [2.75, 3.05) is 4.72 Å². The Morgan fingerprint density at radius 2 is 2.14 bits per heavy atom. The summed E-state index contributed by atoms with van der Waals surface area (Å²) in [5, 5.41) is 9.32. The Hall–Kier alpha value is -1.98. The highest BCUT2D eigenvalue weighted by molar-refractivity contribution is 7.93. The SMILES string of the molecule is N#Cc1ncccc1S(=O)(=O)Nc1nc2c(s1)CCCC2. The quantitative estimate of drug-likeness (QED) is 0.934. The van der Waals surface area contributed by atoms with Gasteiger partial charge in [0.15, 0.2) is 10.8 Å². The van der Waals surface area contributed by atoms with E-state index < -0.39 is 10.0 Å².